The van der Waals surface area contributed by atoms with Gasteiger partial charge in [-0.1, -0.05) is 23.4 Å². The van der Waals surface area contributed by atoms with Gasteiger partial charge in [0.15, 0.2) is 0 Å². The van der Waals surface area contributed by atoms with Crippen LogP contribution in [0.25, 0.3) is 5.69 Å². The SMILES string of the molecule is C[C@@H](Sc1nnnn1-c1ccc(Cl)cc1)C(=O)Nc1sccc1C(N)=O. The zero-order chi connectivity index (χ0) is 18.7. The van der Waals surface area contributed by atoms with Gasteiger partial charge >= 0.3 is 0 Å². The molecule has 1 aromatic carbocycles. The van der Waals surface area contributed by atoms with Crippen LogP contribution in [0.5, 0.6) is 0 Å². The maximum atomic E-state index is 12.4. The van der Waals surface area contributed by atoms with Crippen molar-refractivity contribution < 1.29 is 9.59 Å². The minimum Gasteiger partial charge on any atom is -0.366 e. The number of nitrogens with two attached hydrogens (primary N) is 1. The van der Waals surface area contributed by atoms with Gasteiger partial charge in [-0.15, -0.1) is 16.4 Å². The van der Waals surface area contributed by atoms with Crippen molar-refractivity contribution in [1.82, 2.24) is 20.2 Å². The number of thiophene rings is 1. The monoisotopic (exact) mass is 408 g/mol. The average molecular weight is 409 g/mol. The highest BCUT2D eigenvalue weighted by Gasteiger charge is 2.21. The Balaban J connectivity index is 1.72. The number of benzene rings is 1. The molecule has 3 aromatic rings. The second kappa shape index (κ2) is 7.85. The highest BCUT2D eigenvalue weighted by Crippen LogP contribution is 2.27. The van der Waals surface area contributed by atoms with Crippen LogP contribution in [0.3, 0.4) is 0 Å². The predicted molar refractivity (Wildman–Crippen MR) is 101 cm³/mol. The molecule has 0 spiro atoms. The van der Waals surface area contributed by atoms with Crippen LogP contribution in [0.15, 0.2) is 40.9 Å². The number of nitrogens with zero attached hydrogens (tertiary/aromatic N) is 4. The van der Waals surface area contributed by atoms with Crippen LogP contribution < -0.4 is 11.1 Å². The highest BCUT2D eigenvalue weighted by molar-refractivity contribution is 8.00. The van der Waals surface area contributed by atoms with E-state index in [4.69, 9.17) is 17.3 Å². The molecule has 0 aliphatic rings. The van der Waals surface area contributed by atoms with Gasteiger partial charge in [0.05, 0.1) is 16.5 Å². The third kappa shape index (κ3) is 4.03. The summed E-state index contributed by atoms with van der Waals surface area (Å²) in [6, 6.07) is 8.58. The number of amides is 2. The second-order valence-corrected chi connectivity index (χ2v) is 7.79. The molecule has 8 nitrogen and oxygen atoms in total. The molecule has 2 amide bonds. The molecule has 0 unspecified atom stereocenters. The molecular formula is C15H13ClN6O2S2. The summed E-state index contributed by atoms with van der Waals surface area (Å²) in [7, 11) is 0. The maximum absolute atomic E-state index is 12.4. The van der Waals surface area contributed by atoms with Crippen molar-refractivity contribution in [3.8, 4) is 5.69 Å². The summed E-state index contributed by atoms with van der Waals surface area (Å²) in [5, 5.41) is 16.9. The van der Waals surface area contributed by atoms with E-state index in [0.29, 0.717) is 15.2 Å². The second-order valence-electron chi connectivity index (χ2n) is 5.13. The molecule has 2 heterocycles. The first kappa shape index (κ1) is 18.4. The Morgan fingerprint density at radius 3 is 2.73 bits per heavy atom. The Morgan fingerprint density at radius 2 is 2.04 bits per heavy atom. The van der Waals surface area contributed by atoms with Gasteiger partial charge in [0, 0.05) is 5.02 Å². The number of halogens is 1. The molecule has 3 N–H and O–H groups in total. The molecule has 0 fully saturated rings. The van der Waals surface area contributed by atoms with E-state index in [1.54, 1.807) is 42.6 Å². The smallest absolute Gasteiger partial charge is 0.251 e. The maximum Gasteiger partial charge on any atom is 0.251 e. The van der Waals surface area contributed by atoms with Crippen molar-refractivity contribution in [1.29, 1.82) is 0 Å². The summed E-state index contributed by atoms with van der Waals surface area (Å²) in [5.74, 6) is -0.876. The van der Waals surface area contributed by atoms with Crippen molar-refractivity contribution in [2.75, 3.05) is 5.32 Å². The van der Waals surface area contributed by atoms with E-state index < -0.39 is 11.2 Å². The fourth-order valence-corrected chi connectivity index (χ4v) is 3.75. The van der Waals surface area contributed by atoms with Gasteiger partial charge in [-0.3, -0.25) is 9.59 Å². The Bertz CT molecular complexity index is 940. The Labute approximate surface area is 161 Å². The van der Waals surface area contributed by atoms with Crippen molar-refractivity contribution in [3.63, 3.8) is 0 Å². The van der Waals surface area contributed by atoms with Crippen LogP contribution in [-0.4, -0.2) is 37.3 Å². The summed E-state index contributed by atoms with van der Waals surface area (Å²) >= 11 is 8.31. The van der Waals surface area contributed by atoms with E-state index in [-0.39, 0.29) is 11.5 Å². The number of hydrogen-bond donors (Lipinski definition) is 2. The van der Waals surface area contributed by atoms with Crippen molar-refractivity contribution in [2.45, 2.75) is 17.3 Å². The summed E-state index contributed by atoms with van der Waals surface area (Å²) < 4.78 is 1.52. The van der Waals surface area contributed by atoms with Gasteiger partial charge in [-0.2, -0.15) is 4.68 Å². The Hall–Kier alpha value is -2.43. The van der Waals surface area contributed by atoms with Gasteiger partial charge in [0.1, 0.15) is 5.00 Å². The first-order valence-electron chi connectivity index (χ1n) is 7.35. The topological polar surface area (TPSA) is 116 Å². The molecule has 0 radical (unpaired) electrons. The molecule has 0 aliphatic heterocycles. The van der Waals surface area contributed by atoms with Crippen LogP contribution in [0.2, 0.25) is 5.02 Å². The number of carbonyl (C=O) groups excluding carboxylic acids is 2. The quantitative estimate of drug-likeness (QED) is 0.605. The number of carbonyl (C=O) groups is 2. The van der Waals surface area contributed by atoms with Crippen LogP contribution >= 0.6 is 34.7 Å². The molecule has 0 saturated carbocycles. The number of aromatic nitrogens is 4. The van der Waals surface area contributed by atoms with E-state index >= 15 is 0 Å². The summed E-state index contributed by atoms with van der Waals surface area (Å²) in [6.45, 7) is 1.72. The van der Waals surface area contributed by atoms with E-state index in [1.165, 1.54) is 27.8 Å². The highest BCUT2D eigenvalue weighted by atomic mass is 35.5. The van der Waals surface area contributed by atoms with E-state index in [9.17, 15) is 9.59 Å². The van der Waals surface area contributed by atoms with Gasteiger partial charge in [0.25, 0.3) is 5.91 Å². The first-order chi connectivity index (χ1) is 12.5. The van der Waals surface area contributed by atoms with Gasteiger partial charge in [-0.25, -0.2) is 0 Å². The van der Waals surface area contributed by atoms with E-state index in [0.717, 1.165) is 5.69 Å². The minimum absolute atomic E-state index is 0.284. The molecule has 0 saturated heterocycles. The number of primary amides is 1. The molecule has 2 aromatic heterocycles. The molecule has 134 valence electrons. The number of tetrazole rings is 1. The molecule has 1 atom stereocenters. The lowest BCUT2D eigenvalue weighted by atomic mass is 10.3. The van der Waals surface area contributed by atoms with Crippen LogP contribution in [0.4, 0.5) is 5.00 Å². The predicted octanol–water partition coefficient (Wildman–Crippen LogP) is 2.60. The van der Waals surface area contributed by atoms with E-state index in [1.807, 2.05) is 0 Å². The number of hydrogen-bond acceptors (Lipinski definition) is 7. The van der Waals surface area contributed by atoms with Gasteiger partial charge in [0.2, 0.25) is 11.1 Å². The van der Waals surface area contributed by atoms with Crippen LogP contribution in [-0.2, 0) is 4.79 Å². The van der Waals surface area contributed by atoms with E-state index in [2.05, 4.69) is 20.8 Å². The van der Waals surface area contributed by atoms with Crippen molar-refractivity contribution in [3.05, 3.63) is 46.3 Å². The summed E-state index contributed by atoms with van der Waals surface area (Å²) in [6.07, 6.45) is 0. The third-order valence-corrected chi connectivity index (χ3v) is 5.45. The van der Waals surface area contributed by atoms with Crippen LogP contribution in [0, 0.1) is 0 Å². The standard InChI is InChI=1S/C15H13ClN6O2S2/c1-8(13(24)18-14-11(12(17)23)6-7-25-14)26-15-19-20-21-22(15)10-4-2-9(16)3-5-10/h2-8H,1H3,(H2,17,23)(H,18,24)/t8-/m1/s1. The van der Waals surface area contributed by atoms with Gasteiger partial charge in [-0.05, 0) is 53.1 Å². The fraction of sp³-hybridized carbons (Fsp3) is 0.133. The first-order valence-corrected chi connectivity index (χ1v) is 9.48. The Morgan fingerprint density at radius 1 is 1.31 bits per heavy atom. The summed E-state index contributed by atoms with van der Waals surface area (Å²) in [4.78, 5) is 23.8. The van der Waals surface area contributed by atoms with Crippen molar-refractivity contribution >= 4 is 51.5 Å². The lowest BCUT2D eigenvalue weighted by Gasteiger charge is -2.11. The zero-order valence-electron chi connectivity index (χ0n) is 13.4. The average Bonchev–Trinajstić information content (AvgIpc) is 3.25. The molecule has 3 rings (SSSR count). The number of rotatable bonds is 6. The molecule has 11 heteroatoms. The normalized spacial score (nSPS) is 11.9. The van der Waals surface area contributed by atoms with Crippen LogP contribution in [0.1, 0.15) is 17.3 Å². The van der Waals surface area contributed by atoms with Gasteiger partial charge < -0.3 is 11.1 Å². The zero-order valence-corrected chi connectivity index (χ0v) is 15.8. The molecule has 26 heavy (non-hydrogen) atoms. The molecule has 0 bridgehead atoms. The largest absolute Gasteiger partial charge is 0.366 e. The minimum atomic E-state index is -0.589. The van der Waals surface area contributed by atoms with Crippen molar-refractivity contribution in [2.24, 2.45) is 5.73 Å². The fourth-order valence-electron chi connectivity index (χ4n) is 2.02. The number of nitrogens with one attached hydrogen (secondary N) is 1. The number of thioether (sulfide) groups is 1. The number of anilines is 1. The summed E-state index contributed by atoms with van der Waals surface area (Å²) in [5.41, 5.74) is 6.30. The third-order valence-electron chi connectivity index (χ3n) is 3.33. The molecule has 0 aliphatic carbocycles. The molecular weight excluding hydrogens is 396 g/mol. The Kier molecular flexibility index (Phi) is 5.55. The lowest BCUT2D eigenvalue weighted by Crippen LogP contribution is -2.24. The lowest BCUT2D eigenvalue weighted by molar-refractivity contribution is -0.115.